The van der Waals surface area contributed by atoms with Crippen molar-refractivity contribution in [3.05, 3.63) is 59.3 Å². The van der Waals surface area contributed by atoms with Crippen LogP contribution in [0.15, 0.2) is 41.5 Å². The second kappa shape index (κ2) is 6.96. The molecular formula is C19H17FN6O. The predicted molar refractivity (Wildman–Crippen MR) is 99.0 cm³/mol. The van der Waals surface area contributed by atoms with Gasteiger partial charge in [-0.25, -0.2) is 14.4 Å². The Balaban J connectivity index is 1.85. The molecule has 27 heavy (non-hydrogen) atoms. The molecule has 0 aliphatic carbocycles. The number of carbonyl (C=O) groups excluding carboxylic acids is 1. The summed E-state index contributed by atoms with van der Waals surface area (Å²) in [4.78, 5) is 24.5. The number of allylic oxidation sites excluding steroid dienone is 1. The Kier molecular flexibility index (Phi) is 4.69. The Morgan fingerprint density at radius 3 is 2.89 bits per heavy atom. The number of carbonyl (C=O) groups is 1. The van der Waals surface area contributed by atoms with Crippen LogP contribution in [0.5, 0.6) is 0 Å². The Morgan fingerprint density at radius 2 is 2.19 bits per heavy atom. The average molecular weight is 364 g/mol. The van der Waals surface area contributed by atoms with Crippen LogP contribution in [0.25, 0.3) is 5.70 Å². The molecule has 0 spiro atoms. The first kappa shape index (κ1) is 18.2. The van der Waals surface area contributed by atoms with Gasteiger partial charge in [0, 0.05) is 23.4 Å². The van der Waals surface area contributed by atoms with Gasteiger partial charge in [-0.3, -0.25) is 9.79 Å². The maximum atomic E-state index is 13.6. The van der Waals surface area contributed by atoms with E-state index in [0.717, 1.165) is 0 Å². The fourth-order valence-corrected chi connectivity index (χ4v) is 2.58. The van der Waals surface area contributed by atoms with E-state index < -0.39 is 11.2 Å². The maximum Gasteiger partial charge on any atom is 0.235 e. The van der Waals surface area contributed by atoms with Gasteiger partial charge in [0.25, 0.3) is 0 Å². The van der Waals surface area contributed by atoms with Gasteiger partial charge in [0.2, 0.25) is 5.91 Å². The van der Waals surface area contributed by atoms with Crippen LogP contribution in [0.2, 0.25) is 0 Å². The minimum atomic E-state index is -0.717. The molecule has 136 valence electrons. The highest BCUT2D eigenvalue weighted by atomic mass is 19.1. The van der Waals surface area contributed by atoms with E-state index in [9.17, 15) is 14.4 Å². The van der Waals surface area contributed by atoms with E-state index in [1.165, 1.54) is 12.1 Å². The molecule has 7 nitrogen and oxygen atoms in total. The molecule has 0 bridgehead atoms. The van der Waals surface area contributed by atoms with Crippen molar-refractivity contribution >= 4 is 23.1 Å². The largest absolute Gasteiger partial charge is 0.396 e. The first-order chi connectivity index (χ1) is 12.8. The van der Waals surface area contributed by atoms with Gasteiger partial charge in [-0.05, 0) is 19.9 Å². The summed E-state index contributed by atoms with van der Waals surface area (Å²) in [5, 5.41) is 11.9. The van der Waals surface area contributed by atoms with Gasteiger partial charge in [0.15, 0.2) is 5.82 Å². The van der Waals surface area contributed by atoms with Crippen LogP contribution < -0.4 is 11.1 Å². The van der Waals surface area contributed by atoms with Gasteiger partial charge in [0.1, 0.15) is 23.4 Å². The lowest BCUT2D eigenvalue weighted by atomic mass is 9.88. The van der Waals surface area contributed by atoms with Crippen molar-refractivity contribution in [1.82, 2.24) is 9.97 Å². The normalized spacial score (nSPS) is 15.9. The number of amides is 1. The summed E-state index contributed by atoms with van der Waals surface area (Å²) in [6.07, 6.45) is 2.86. The van der Waals surface area contributed by atoms with Crippen LogP contribution in [0.3, 0.4) is 0 Å². The maximum absolute atomic E-state index is 13.6. The second-order valence-corrected chi connectivity index (χ2v) is 6.54. The van der Waals surface area contributed by atoms with Crippen molar-refractivity contribution < 1.29 is 9.18 Å². The molecular weight excluding hydrogens is 347 g/mol. The summed E-state index contributed by atoms with van der Waals surface area (Å²) >= 11 is 0. The molecule has 1 aliphatic rings. The Morgan fingerprint density at radius 1 is 1.44 bits per heavy atom. The van der Waals surface area contributed by atoms with Gasteiger partial charge in [-0.15, -0.1) is 0 Å². The molecule has 1 aliphatic heterocycles. The molecule has 3 rings (SSSR count). The molecule has 0 saturated heterocycles. The summed E-state index contributed by atoms with van der Waals surface area (Å²) in [7, 11) is 0. The molecule has 2 heterocycles. The van der Waals surface area contributed by atoms with Crippen molar-refractivity contribution in [2.24, 2.45) is 10.7 Å². The van der Waals surface area contributed by atoms with Crippen LogP contribution >= 0.6 is 0 Å². The lowest BCUT2D eigenvalue weighted by Gasteiger charge is -2.13. The van der Waals surface area contributed by atoms with Crippen molar-refractivity contribution in [1.29, 1.82) is 5.26 Å². The predicted octanol–water partition coefficient (Wildman–Crippen LogP) is 2.31. The number of nitrogens with zero attached hydrogens (tertiary/aromatic N) is 4. The fourth-order valence-electron chi connectivity index (χ4n) is 2.58. The van der Waals surface area contributed by atoms with Gasteiger partial charge < -0.3 is 11.1 Å². The van der Waals surface area contributed by atoms with Crippen molar-refractivity contribution in [2.75, 3.05) is 5.32 Å². The summed E-state index contributed by atoms with van der Waals surface area (Å²) < 4.78 is 13.6. The zero-order valence-corrected chi connectivity index (χ0v) is 14.8. The van der Waals surface area contributed by atoms with Crippen LogP contribution in [-0.2, 0) is 16.8 Å². The highest BCUT2D eigenvalue weighted by Gasteiger charge is 2.39. The second-order valence-electron chi connectivity index (χ2n) is 6.54. The number of hydrogen-bond acceptors (Lipinski definition) is 6. The van der Waals surface area contributed by atoms with Gasteiger partial charge in [-0.2, -0.15) is 5.26 Å². The molecule has 0 fully saturated rings. The van der Waals surface area contributed by atoms with E-state index in [0.29, 0.717) is 16.9 Å². The Hall–Kier alpha value is -3.60. The number of rotatable bonds is 4. The number of aromatic nitrogens is 2. The van der Waals surface area contributed by atoms with E-state index in [1.807, 2.05) is 6.07 Å². The number of benzene rings is 1. The first-order valence-electron chi connectivity index (χ1n) is 8.17. The summed E-state index contributed by atoms with van der Waals surface area (Å²) in [6.45, 7) is 3.56. The highest BCUT2D eigenvalue weighted by Crippen LogP contribution is 2.35. The number of aliphatic imine (C=N–C) groups is 1. The molecule has 0 saturated carbocycles. The third-order valence-corrected chi connectivity index (χ3v) is 4.30. The van der Waals surface area contributed by atoms with Gasteiger partial charge in [-0.1, -0.05) is 18.2 Å². The number of hydrogen-bond donors (Lipinski definition) is 2. The summed E-state index contributed by atoms with van der Waals surface area (Å²) in [6, 6.07) is 8.10. The van der Waals surface area contributed by atoms with E-state index in [4.69, 9.17) is 5.73 Å². The Labute approximate surface area is 155 Å². The summed E-state index contributed by atoms with van der Waals surface area (Å²) in [5.41, 5.74) is 6.45. The number of nitriles is 1. The van der Waals surface area contributed by atoms with E-state index >= 15 is 0 Å². The minimum Gasteiger partial charge on any atom is -0.396 e. The van der Waals surface area contributed by atoms with Crippen molar-refractivity contribution in [3.63, 3.8) is 0 Å². The SMILES string of the molecule is CC1(C)C(=O)Nc2nc(C(N)=CC(C#N)=NCc3ccccc3F)ncc21. The lowest BCUT2D eigenvalue weighted by Crippen LogP contribution is -2.26. The smallest absolute Gasteiger partial charge is 0.235 e. The molecule has 1 aromatic heterocycles. The molecule has 1 aromatic carbocycles. The third-order valence-electron chi connectivity index (χ3n) is 4.30. The number of nitrogens with two attached hydrogens (primary N) is 1. The Bertz CT molecular complexity index is 1020. The number of anilines is 1. The molecule has 3 N–H and O–H groups in total. The standard InChI is InChI=1S/C19H17FN6O/c1-19(2)13-10-24-17(25-16(13)26-18(19)27)15(22)7-12(8-21)23-9-11-5-3-4-6-14(11)20/h3-7,10H,9,22H2,1-2H3,(H,24,25,26,27). The first-order valence-corrected chi connectivity index (χ1v) is 8.17. The summed E-state index contributed by atoms with van der Waals surface area (Å²) in [5.74, 6) is 0.000197. The number of nitrogens with one attached hydrogen (secondary N) is 1. The van der Waals surface area contributed by atoms with E-state index in [2.05, 4.69) is 20.3 Å². The van der Waals surface area contributed by atoms with Crippen molar-refractivity contribution in [3.8, 4) is 6.07 Å². The molecule has 0 unspecified atom stereocenters. The molecule has 1 amide bonds. The number of halogens is 1. The van der Waals surface area contributed by atoms with E-state index in [1.54, 1.807) is 38.2 Å². The van der Waals surface area contributed by atoms with Crippen LogP contribution in [0, 0.1) is 17.1 Å². The topological polar surface area (TPSA) is 117 Å². The van der Waals surface area contributed by atoms with E-state index in [-0.39, 0.29) is 29.7 Å². The van der Waals surface area contributed by atoms with Gasteiger partial charge in [0.05, 0.1) is 17.7 Å². The van der Waals surface area contributed by atoms with Crippen molar-refractivity contribution in [2.45, 2.75) is 25.8 Å². The highest BCUT2D eigenvalue weighted by molar-refractivity contribution is 6.10. The monoisotopic (exact) mass is 364 g/mol. The lowest BCUT2D eigenvalue weighted by molar-refractivity contribution is -0.119. The average Bonchev–Trinajstić information content (AvgIpc) is 2.88. The zero-order chi connectivity index (χ0) is 19.6. The zero-order valence-electron chi connectivity index (χ0n) is 14.8. The van der Waals surface area contributed by atoms with Crippen LogP contribution in [-0.4, -0.2) is 21.6 Å². The molecule has 2 aromatic rings. The molecule has 0 atom stereocenters. The quantitative estimate of drug-likeness (QED) is 0.807. The van der Waals surface area contributed by atoms with Crippen LogP contribution in [0.1, 0.15) is 30.8 Å². The fraction of sp³-hybridized carbons (Fsp3) is 0.211. The van der Waals surface area contributed by atoms with Gasteiger partial charge >= 0.3 is 0 Å². The van der Waals surface area contributed by atoms with Crippen LogP contribution in [0.4, 0.5) is 10.2 Å². The molecule has 8 heteroatoms. The number of fused-ring (bicyclic) bond motifs is 1. The minimum absolute atomic E-state index is 0.00857. The third kappa shape index (κ3) is 3.53. The molecule has 0 radical (unpaired) electrons.